The highest BCUT2D eigenvalue weighted by Crippen LogP contribution is 2.17. The van der Waals surface area contributed by atoms with Crippen molar-refractivity contribution in [3.05, 3.63) is 84.0 Å². The summed E-state index contributed by atoms with van der Waals surface area (Å²) in [5.74, 6) is -2.96. The molecule has 0 saturated heterocycles. The Labute approximate surface area is 277 Å². The van der Waals surface area contributed by atoms with Gasteiger partial charge in [-0.3, -0.25) is 9.59 Å². The van der Waals surface area contributed by atoms with Crippen molar-refractivity contribution >= 4 is 37.9 Å². The van der Waals surface area contributed by atoms with Gasteiger partial charge in [-0.2, -0.15) is 0 Å². The van der Waals surface area contributed by atoms with Crippen LogP contribution in [0.5, 0.6) is 0 Å². The molecule has 1 heterocycles. The summed E-state index contributed by atoms with van der Waals surface area (Å²) >= 11 is 0. The Morgan fingerprint density at radius 3 is 1.55 bits per heavy atom. The van der Waals surface area contributed by atoms with E-state index in [4.69, 9.17) is 9.47 Å². The second-order valence-corrected chi connectivity index (χ2v) is 15.1. The van der Waals surface area contributed by atoms with Crippen LogP contribution in [0.2, 0.25) is 0 Å². The zero-order valence-electron chi connectivity index (χ0n) is 27.1. The molecule has 0 aliphatic carbocycles. The van der Waals surface area contributed by atoms with Crippen LogP contribution < -0.4 is 14.8 Å². The molecule has 3 N–H and O–H groups in total. The van der Waals surface area contributed by atoms with Crippen molar-refractivity contribution in [2.24, 2.45) is 11.8 Å². The summed E-state index contributed by atoms with van der Waals surface area (Å²) in [7, 11) is -7.99. The van der Waals surface area contributed by atoms with E-state index < -0.39 is 67.9 Å². The molecule has 12 nitrogen and oxygen atoms in total. The fourth-order valence-corrected chi connectivity index (χ4v) is 7.11. The van der Waals surface area contributed by atoms with E-state index >= 15 is 0 Å². The van der Waals surface area contributed by atoms with Gasteiger partial charge in [0.2, 0.25) is 26.0 Å². The molecule has 0 fully saturated rings. The van der Waals surface area contributed by atoms with Gasteiger partial charge < -0.3 is 14.8 Å². The lowest BCUT2D eigenvalue weighted by Gasteiger charge is -2.24. The van der Waals surface area contributed by atoms with Crippen molar-refractivity contribution in [3.8, 4) is 0 Å². The van der Waals surface area contributed by atoms with Gasteiger partial charge >= 0.3 is 11.9 Å². The maximum atomic E-state index is 13.2. The number of hydrogen-bond donors (Lipinski definition) is 3. The number of rotatable bonds is 6. The lowest BCUT2D eigenvalue weighted by Crippen LogP contribution is -2.45. The van der Waals surface area contributed by atoms with Gasteiger partial charge in [0, 0.05) is 6.42 Å². The van der Waals surface area contributed by atoms with Crippen LogP contribution in [0.4, 0.5) is 0 Å². The number of carbonyl (C=O) groups is 3. The van der Waals surface area contributed by atoms with Gasteiger partial charge in [0.25, 0.3) is 0 Å². The molecule has 5 atom stereocenters. The summed E-state index contributed by atoms with van der Waals surface area (Å²) in [5, 5.41) is 2.55. The highest BCUT2D eigenvalue weighted by atomic mass is 32.2. The smallest absolute Gasteiger partial charge is 0.328 e. The average molecular weight is 690 g/mol. The van der Waals surface area contributed by atoms with E-state index in [1.54, 1.807) is 50.3 Å². The molecule has 47 heavy (non-hydrogen) atoms. The zero-order valence-corrected chi connectivity index (χ0v) is 28.8. The first kappa shape index (κ1) is 37.6. The molecule has 0 saturated carbocycles. The van der Waals surface area contributed by atoms with E-state index in [0.29, 0.717) is 0 Å². The topological polar surface area (TPSA) is 174 Å². The van der Waals surface area contributed by atoms with Gasteiger partial charge in [0.1, 0.15) is 19.3 Å². The van der Waals surface area contributed by atoms with Gasteiger partial charge in [0.15, 0.2) is 0 Å². The summed E-state index contributed by atoms with van der Waals surface area (Å²) in [6, 6.07) is 9.72. The monoisotopic (exact) mass is 689 g/mol. The third-order valence-corrected chi connectivity index (χ3v) is 10.6. The molecule has 1 unspecified atom stereocenters. The Kier molecular flexibility index (Phi) is 13.5. The molecule has 2 aromatic carbocycles. The van der Waals surface area contributed by atoms with E-state index in [0.717, 1.165) is 11.1 Å². The third-order valence-electron chi connectivity index (χ3n) is 7.57. The number of sulfonamides is 2. The van der Waals surface area contributed by atoms with Crippen LogP contribution in [-0.4, -0.2) is 66.0 Å². The largest absolute Gasteiger partial charge is 0.464 e. The van der Waals surface area contributed by atoms with E-state index in [9.17, 15) is 31.2 Å². The number of cyclic esters (lactones) is 2. The number of nitrogens with one attached hydrogen (secondary N) is 3. The Hall–Kier alpha value is -3.85. The lowest BCUT2D eigenvalue weighted by atomic mass is 10.0. The maximum Gasteiger partial charge on any atom is 0.328 e. The Bertz CT molecular complexity index is 1670. The highest BCUT2D eigenvalue weighted by Gasteiger charge is 2.28. The van der Waals surface area contributed by atoms with Crippen LogP contribution in [0.1, 0.15) is 44.7 Å². The molecule has 14 heteroatoms. The van der Waals surface area contributed by atoms with E-state index in [1.807, 2.05) is 13.8 Å². The molecule has 1 amide bonds. The molecule has 0 aromatic heterocycles. The van der Waals surface area contributed by atoms with Crippen LogP contribution in [0, 0.1) is 25.7 Å². The maximum absolute atomic E-state index is 13.2. The predicted molar refractivity (Wildman–Crippen MR) is 176 cm³/mol. The minimum absolute atomic E-state index is 0.0279. The number of hydrogen-bond acceptors (Lipinski definition) is 9. The number of esters is 2. The molecule has 2 aromatic rings. The lowest BCUT2D eigenvalue weighted by molar-refractivity contribution is -0.148. The number of carbonyl (C=O) groups excluding carboxylic acids is 3. The highest BCUT2D eigenvalue weighted by molar-refractivity contribution is 7.89. The first-order valence-corrected chi connectivity index (χ1v) is 18.2. The van der Waals surface area contributed by atoms with Gasteiger partial charge in [-0.15, -0.1) is 0 Å². The standard InChI is InChI=1S/C33H43N3O9S2/c1-22-12-16-27(17-13-22)46(40,41)35-29-20-44-32(38)11-7-9-25(4)30(36-47(42,43)28-18-14-23(2)15-19-28)21-45-33(39)26(5)34-31(37)10-6-8-24(29)3/h6-9,12-19,24-26,29-30,35-36H,10-11,20-21H2,1-5H3,(H,34,37)/b8-6+,9-7+/t24?,25-,26+,29-,30-/m1/s1. The van der Waals surface area contributed by atoms with Crippen LogP contribution >= 0.6 is 0 Å². The molecule has 1 aliphatic rings. The zero-order chi connectivity index (χ0) is 34.8. The number of ether oxygens (including phenoxy) is 2. The molecule has 3 rings (SSSR count). The predicted octanol–water partition coefficient (Wildman–Crippen LogP) is 3.07. The molecule has 0 radical (unpaired) electrons. The normalized spacial score (nSPS) is 25.6. The molecule has 0 spiro atoms. The fraction of sp³-hybridized carbons (Fsp3) is 0.424. The van der Waals surface area contributed by atoms with Crippen LogP contribution in [-0.2, 0) is 43.9 Å². The van der Waals surface area contributed by atoms with E-state index in [-0.39, 0.29) is 35.8 Å². The molecule has 256 valence electrons. The molecule has 0 bridgehead atoms. The van der Waals surface area contributed by atoms with Crippen molar-refractivity contribution in [1.82, 2.24) is 14.8 Å². The van der Waals surface area contributed by atoms with Crippen molar-refractivity contribution in [2.75, 3.05) is 13.2 Å². The minimum Gasteiger partial charge on any atom is -0.464 e. The van der Waals surface area contributed by atoms with E-state index in [1.165, 1.54) is 43.3 Å². The second-order valence-electron chi connectivity index (χ2n) is 11.7. The van der Waals surface area contributed by atoms with Gasteiger partial charge in [0.05, 0.1) is 28.3 Å². The van der Waals surface area contributed by atoms with Gasteiger partial charge in [-0.1, -0.05) is 73.5 Å². The summed E-state index contributed by atoms with van der Waals surface area (Å²) in [6.45, 7) is 7.88. The second kappa shape index (κ2) is 16.8. The van der Waals surface area contributed by atoms with Crippen molar-refractivity contribution < 1.29 is 40.7 Å². The van der Waals surface area contributed by atoms with Crippen molar-refractivity contribution in [2.45, 2.75) is 75.4 Å². The summed E-state index contributed by atoms with van der Waals surface area (Å²) in [4.78, 5) is 38.1. The Morgan fingerprint density at radius 1 is 0.660 bits per heavy atom. The Morgan fingerprint density at radius 2 is 1.09 bits per heavy atom. The van der Waals surface area contributed by atoms with Crippen LogP contribution in [0.3, 0.4) is 0 Å². The molecular formula is C33H43N3O9S2. The number of aryl methyl sites for hydroxylation is 2. The van der Waals surface area contributed by atoms with Crippen molar-refractivity contribution in [1.29, 1.82) is 0 Å². The SMILES string of the molecule is Cc1ccc(S(=O)(=O)N[C@@H]2COC(=O)C/C=C/[C@@H](C)[C@H](NS(=O)(=O)c3ccc(C)cc3)COC(=O)[C@H](C)NC(=O)C/C=C/C2C)cc1. The first-order valence-electron chi connectivity index (χ1n) is 15.2. The number of amides is 1. The van der Waals surface area contributed by atoms with Crippen LogP contribution in [0.15, 0.2) is 82.6 Å². The Balaban J connectivity index is 1.84. The quantitative estimate of drug-likeness (QED) is 0.304. The molecule has 1 aliphatic heterocycles. The fourth-order valence-electron chi connectivity index (χ4n) is 4.49. The van der Waals surface area contributed by atoms with Crippen LogP contribution in [0.25, 0.3) is 0 Å². The minimum atomic E-state index is -4.01. The summed E-state index contributed by atoms with van der Waals surface area (Å²) in [5.41, 5.74) is 1.77. The summed E-state index contributed by atoms with van der Waals surface area (Å²) in [6.07, 6.45) is 5.95. The van der Waals surface area contributed by atoms with E-state index in [2.05, 4.69) is 14.8 Å². The first-order chi connectivity index (χ1) is 22.1. The van der Waals surface area contributed by atoms with Gasteiger partial charge in [-0.25, -0.2) is 31.1 Å². The molecular weight excluding hydrogens is 647 g/mol. The van der Waals surface area contributed by atoms with Crippen molar-refractivity contribution in [3.63, 3.8) is 0 Å². The summed E-state index contributed by atoms with van der Waals surface area (Å²) < 4.78 is 68.6. The number of benzene rings is 2. The third kappa shape index (κ3) is 11.7. The van der Waals surface area contributed by atoms with Gasteiger partial charge in [-0.05, 0) is 56.9 Å². The average Bonchev–Trinajstić information content (AvgIpc) is 3.00.